The van der Waals surface area contributed by atoms with Crippen LogP contribution in [0.4, 0.5) is 0 Å². The van der Waals surface area contributed by atoms with Crippen LogP contribution in [0.25, 0.3) is 0 Å². The van der Waals surface area contributed by atoms with Crippen LogP contribution >= 0.6 is 0 Å². The van der Waals surface area contributed by atoms with E-state index in [4.69, 9.17) is 5.73 Å². The van der Waals surface area contributed by atoms with E-state index < -0.39 is 0 Å². The maximum absolute atomic E-state index is 12.6. The average molecular weight is 260 g/mol. The van der Waals surface area contributed by atoms with Crippen LogP contribution in [0.2, 0.25) is 0 Å². The van der Waals surface area contributed by atoms with Crippen molar-refractivity contribution in [1.82, 2.24) is 4.90 Å². The van der Waals surface area contributed by atoms with Gasteiger partial charge in [0.05, 0.1) is 0 Å². The SMILES string of the molecule is CN(Cc1ccccc1CN)C(=O)C1(C)CCCC1. The molecule has 1 aromatic carbocycles. The first-order valence-corrected chi connectivity index (χ1v) is 7.09. The molecule has 1 amide bonds. The molecule has 0 aromatic heterocycles. The molecule has 3 nitrogen and oxygen atoms in total. The molecular weight excluding hydrogens is 236 g/mol. The Morgan fingerprint density at radius 2 is 1.84 bits per heavy atom. The normalized spacial score (nSPS) is 17.4. The van der Waals surface area contributed by atoms with Crippen molar-refractivity contribution < 1.29 is 4.79 Å². The predicted octanol–water partition coefficient (Wildman–Crippen LogP) is 2.68. The molecule has 2 rings (SSSR count). The van der Waals surface area contributed by atoms with Gasteiger partial charge < -0.3 is 10.6 Å². The molecule has 0 radical (unpaired) electrons. The first-order valence-electron chi connectivity index (χ1n) is 7.09. The molecule has 1 aromatic rings. The maximum atomic E-state index is 12.6. The van der Waals surface area contributed by atoms with Crippen LogP contribution in [-0.2, 0) is 17.9 Å². The van der Waals surface area contributed by atoms with Gasteiger partial charge >= 0.3 is 0 Å². The van der Waals surface area contributed by atoms with Gasteiger partial charge in [-0.1, -0.05) is 44.0 Å². The molecule has 0 bridgehead atoms. The zero-order valence-corrected chi connectivity index (χ0v) is 12.0. The Morgan fingerprint density at radius 3 is 2.42 bits per heavy atom. The zero-order chi connectivity index (χ0) is 13.9. The fraction of sp³-hybridized carbons (Fsp3) is 0.562. The second-order valence-electron chi connectivity index (χ2n) is 5.90. The number of amides is 1. The van der Waals surface area contributed by atoms with Crippen molar-refractivity contribution in [3.63, 3.8) is 0 Å². The molecule has 0 heterocycles. The Hall–Kier alpha value is -1.35. The van der Waals surface area contributed by atoms with E-state index in [1.54, 1.807) is 0 Å². The fourth-order valence-electron chi connectivity index (χ4n) is 3.07. The molecule has 19 heavy (non-hydrogen) atoms. The quantitative estimate of drug-likeness (QED) is 0.904. The fourth-order valence-corrected chi connectivity index (χ4v) is 3.07. The van der Waals surface area contributed by atoms with Gasteiger partial charge in [0, 0.05) is 25.6 Å². The van der Waals surface area contributed by atoms with Crippen LogP contribution in [0.15, 0.2) is 24.3 Å². The van der Waals surface area contributed by atoms with Gasteiger partial charge in [-0.2, -0.15) is 0 Å². The second kappa shape index (κ2) is 5.74. The summed E-state index contributed by atoms with van der Waals surface area (Å²) in [5.41, 5.74) is 7.88. The molecule has 2 N–H and O–H groups in total. The minimum atomic E-state index is -0.146. The van der Waals surface area contributed by atoms with Crippen molar-refractivity contribution >= 4 is 5.91 Å². The van der Waals surface area contributed by atoms with Crippen molar-refractivity contribution in [1.29, 1.82) is 0 Å². The van der Waals surface area contributed by atoms with Crippen molar-refractivity contribution in [2.24, 2.45) is 11.1 Å². The third kappa shape index (κ3) is 2.98. The Bertz CT molecular complexity index is 450. The largest absolute Gasteiger partial charge is 0.341 e. The van der Waals surface area contributed by atoms with Gasteiger partial charge in [0.1, 0.15) is 0 Å². The molecule has 0 spiro atoms. The highest BCUT2D eigenvalue weighted by molar-refractivity contribution is 5.82. The van der Waals surface area contributed by atoms with Gasteiger partial charge in [0.15, 0.2) is 0 Å². The Kier molecular flexibility index (Phi) is 4.25. The van der Waals surface area contributed by atoms with E-state index in [1.165, 1.54) is 12.8 Å². The topological polar surface area (TPSA) is 46.3 Å². The summed E-state index contributed by atoms with van der Waals surface area (Å²) in [5.74, 6) is 0.275. The highest BCUT2D eigenvalue weighted by Gasteiger charge is 2.38. The van der Waals surface area contributed by atoms with Gasteiger partial charge in [-0.3, -0.25) is 4.79 Å². The first-order chi connectivity index (χ1) is 9.07. The summed E-state index contributed by atoms with van der Waals surface area (Å²) >= 11 is 0. The zero-order valence-electron chi connectivity index (χ0n) is 12.0. The summed E-state index contributed by atoms with van der Waals surface area (Å²) < 4.78 is 0. The lowest BCUT2D eigenvalue weighted by Gasteiger charge is -2.29. The summed E-state index contributed by atoms with van der Waals surface area (Å²) in [4.78, 5) is 14.4. The molecule has 1 aliphatic rings. The Morgan fingerprint density at radius 1 is 1.26 bits per heavy atom. The lowest BCUT2D eigenvalue weighted by atomic mass is 9.87. The summed E-state index contributed by atoms with van der Waals surface area (Å²) in [6.07, 6.45) is 4.40. The van der Waals surface area contributed by atoms with E-state index in [-0.39, 0.29) is 11.3 Å². The summed E-state index contributed by atoms with van der Waals surface area (Å²) in [5, 5.41) is 0. The minimum absolute atomic E-state index is 0.146. The van der Waals surface area contributed by atoms with Crippen molar-refractivity contribution in [3.8, 4) is 0 Å². The third-order valence-corrected chi connectivity index (χ3v) is 4.32. The lowest BCUT2D eigenvalue weighted by Crippen LogP contribution is -2.38. The molecule has 1 aliphatic carbocycles. The molecule has 1 saturated carbocycles. The van der Waals surface area contributed by atoms with E-state index >= 15 is 0 Å². The first kappa shape index (κ1) is 14.1. The van der Waals surface area contributed by atoms with E-state index in [0.29, 0.717) is 13.1 Å². The maximum Gasteiger partial charge on any atom is 0.228 e. The van der Waals surface area contributed by atoms with Crippen LogP contribution in [0, 0.1) is 5.41 Å². The Balaban J connectivity index is 2.08. The number of hydrogen-bond acceptors (Lipinski definition) is 2. The van der Waals surface area contributed by atoms with Crippen LogP contribution in [0.1, 0.15) is 43.7 Å². The van der Waals surface area contributed by atoms with Crippen molar-refractivity contribution in [2.45, 2.75) is 45.7 Å². The third-order valence-electron chi connectivity index (χ3n) is 4.32. The minimum Gasteiger partial charge on any atom is -0.341 e. The van der Waals surface area contributed by atoms with E-state index in [9.17, 15) is 4.79 Å². The van der Waals surface area contributed by atoms with Gasteiger partial charge in [0.2, 0.25) is 5.91 Å². The van der Waals surface area contributed by atoms with Gasteiger partial charge in [-0.15, -0.1) is 0 Å². The number of carbonyl (C=O) groups is 1. The van der Waals surface area contributed by atoms with Crippen molar-refractivity contribution in [3.05, 3.63) is 35.4 Å². The highest BCUT2D eigenvalue weighted by atomic mass is 16.2. The standard InChI is InChI=1S/C16H24N2O/c1-16(9-5-6-10-16)15(19)18(2)12-14-8-4-3-7-13(14)11-17/h3-4,7-8H,5-6,9-12,17H2,1-2H3. The van der Waals surface area contributed by atoms with Crippen LogP contribution in [0.3, 0.4) is 0 Å². The molecular formula is C16H24N2O. The monoisotopic (exact) mass is 260 g/mol. The number of rotatable bonds is 4. The average Bonchev–Trinajstić information content (AvgIpc) is 2.86. The molecule has 104 valence electrons. The van der Waals surface area contributed by atoms with Gasteiger partial charge in [-0.05, 0) is 24.0 Å². The summed E-state index contributed by atoms with van der Waals surface area (Å²) in [6.45, 7) is 3.28. The van der Waals surface area contributed by atoms with E-state index in [0.717, 1.165) is 24.0 Å². The summed E-state index contributed by atoms with van der Waals surface area (Å²) in [6, 6.07) is 8.09. The predicted molar refractivity (Wildman–Crippen MR) is 77.4 cm³/mol. The smallest absolute Gasteiger partial charge is 0.228 e. The molecule has 3 heteroatoms. The van der Waals surface area contributed by atoms with Crippen molar-refractivity contribution in [2.75, 3.05) is 7.05 Å². The van der Waals surface area contributed by atoms with Crippen LogP contribution in [-0.4, -0.2) is 17.9 Å². The molecule has 0 saturated heterocycles. The Labute approximate surface area is 115 Å². The number of carbonyl (C=O) groups excluding carboxylic acids is 1. The highest BCUT2D eigenvalue weighted by Crippen LogP contribution is 2.39. The lowest BCUT2D eigenvalue weighted by molar-refractivity contribution is -0.140. The summed E-state index contributed by atoms with van der Waals surface area (Å²) in [7, 11) is 1.90. The second-order valence-corrected chi connectivity index (χ2v) is 5.90. The molecule has 0 unspecified atom stereocenters. The number of nitrogens with zero attached hydrogens (tertiary/aromatic N) is 1. The van der Waals surface area contributed by atoms with E-state index in [1.807, 2.05) is 30.1 Å². The molecule has 0 atom stereocenters. The number of hydrogen-bond donors (Lipinski definition) is 1. The van der Waals surface area contributed by atoms with Crippen LogP contribution < -0.4 is 5.73 Å². The van der Waals surface area contributed by atoms with Crippen LogP contribution in [0.5, 0.6) is 0 Å². The molecule has 0 aliphatic heterocycles. The van der Waals surface area contributed by atoms with E-state index in [2.05, 4.69) is 13.0 Å². The van der Waals surface area contributed by atoms with Gasteiger partial charge in [-0.25, -0.2) is 0 Å². The molecule has 1 fully saturated rings. The number of benzene rings is 1. The number of nitrogens with two attached hydrogens (primary N) is 1. The van der Waals surface area contributed by atoms with Gasteiger partial charge in [0.25, 0.3) is 0 Å².